The Labute approximate surface area is 160 Å². The summed E-state index contributed by atoms with van der Waals surface area (Å²) in [7, 11) is 1.66. The van der Waals surface area contributed by atoms with Crippen molar-refractivity contribution < 1.29 is 9.53 Å². The van der Waals surface area contributed by atoms with Gasteiger partial charge in [-0.05, 0) is 36.2 Å². The van der Waals surface area contributed by atoms with Crippen molar-refractivity contribution in [2.45, 2.75) is 18.5 Å². The van der Waals surface area contributed by atoms with Crippen LogP contribution in [0, 0.1) is 0 Å². The lowest BCUT2D eigenvalue weighted by molar-refractivity contribution is -0.133. The van der Waals surface area contributed by atoms with E-state index < -0.39 is 0 Å². The van der Waals surface area contributed by atoms with Crippen molar-refractivity contribution in [1.82, 2.24) is 15.8 Å². The van der Waals surface area contributed by atoms with Crippen LogP contribution in [0.2, 0.25) is 0 Å². The van der Waals surface area contributed by atoms with E-state index in [0.717, 1.165) is 43.9 Å². The molecular formula is C21H26N4O2. The standard InChI is InChI=1S/C21H26N4O2/c1-27-18-9-7-16(8-10-18)19-15-20(23-22-19)21(26)25-13-11-24(12-14-25)17-5-3-2-4-6-17/h2-10,19-20,22-23H,11-15H2,1H3. The van der Waals surface area contributed by atoms with Crippen LogP contribution in [0.1, 0.15) is 18.0 Å². The molecule has 2 aliphatic rings. The average molecular weight is 366 g/mol. The summed E-state index contributed by atoms with van der Waals surface area (Å²) >= 11 is 0. The van der Waals surface area contributed by atoms with Crippen LogP contribution in [0.15, 0.2) is 54.6 Å². The Hall–Kier alpha value is -2.57. The zero-order valence-corrected chi connectivity index (χ0v) is 15.6. The Morgan fingerprint density at radius 3 is 2.33 bits per heavy atom. The van der Waals surface area contributed by atoms with Gasteiger partial charge in [-0.25, -0.2) is 10.9 Å². The minimum atomic E-state index is -0.180. The molecule has 2 aromatic carbocycles. The van der Waals surface area contributed by atoms with Crippen molar-refractivity contribution in [2.24, 2.45) is 0 Å². The lowest BCUT2D eigenvalue weighted by Crippen LogP contribution is -2.53. The zero-order valence-electron chi connectivity index (χ0n) is 15.6. The molecule has 2 aliphatic heterocycles. The SMILES string of the molecule is COc1ccc(C2CC(C(=O)N3CCN(c4ccccc4)CC3)NN2)cc1. The Morgan fingerprint density at radius 1 is 0.963 bits per heavy atom. The Kier molecular flexibility index (Phi) is 5.27. The monoisotopic (exact) mass is 366 g/mol. The summed E-state index contributed by atoms with van der Waals surface area (Å²) in [5.74, 6) is 1.03. The first-order valence-corrected chi connectivity index (χ1v) is 9.48. The number of carbonyl (C=O) groups is 1. The highest BCUT2D eigenvalue weighted by Gasteiger charge is 2.34. The number of nitrogens with zero attached hydrogens (tertiary/aromatic N) is 2. The quantitative estimate of drug-likeness (QED) is 0.866. The average Bonchev–Trinajstić information content (AvgIpc) is 3.24. The minimum absolute atomic E-state index is 0.135. The number of hydrogen-bond donors (Lipinski definition) is 2. The predicted molar refractivity (Wildman–Crippen MR) is 106 cm³/mol. The molecule has 2 unspecified atom stereocenters. The predicted octanol–water partition coefficient (Wildman–Crippen LogP) is 1.95. The van der Waals surface area contributed by atoms with Crippen LogP contribution in [-0.2, 0) is 4.79 Å². The Bertz CT molecular complexity index is 758. The number of piperazine rings is 1. The number of hydrazine groups is 1. The van der Waals surface area contributed by atoms with Crippen molar-refractivity contribution in [3.8, 4) is 5.75 Å². The molecule has 2 atom stereocenters. The lowest BCUT2D eigenvalue weighted by Gasteiger charge is -2.37. The van der Waals surface area contributed by atoms with E-state index in [1.54, 1.807) is 7.11 Å². The molecular weight excluding hydrogens is 340 g/mol. The Balaban J connectivity index is 1.31. The molecule has 6 heteroatoms. The Morgan fingerprint density at radius 2 is 1.67 bits per heavy atom. The van der Waals surface area contributed by atoms with Gasteiger partial charge >= 0.3 is 0 Å². The van der Waals surface area contributed by atoms with Crippen molar-refractivity contribution in [3.63, 3.8) is 0 Å². The number of para-hydroxylation sites is 1. The number of amides is 1. The van der Waals surface area contributed by atoms with Crippen molar-refractivity contribution >= 4 is 11.6 Å². The molecule has 0 radical (unpaired) electrons. The maximum absolute atomic E-state index is 12.9. The zero-order chi connectivity index (χ0) is 18.6. The van der Waals surface area contributed by atoms with Crippen LogP contribution in [0.3, 0.4) is 0 Å². The van der Waals surface area contributed by atoms with Gasteiger partial charge in [0.15, 0.2) is 0 Å². The first kappa shape index (κ1) is 17.8. The number of nitrogens with one attached hydrogen (secondary N) is 2. The van der Waals surface area contributed by atoms with Gasteiger partial charge in [0.25, 0.3) is 0 Å². The largest absolute Gasteiger partial charge is 0.497 e. The molecule has 0 aromatic heterocycles. The van der Waals surface area contributed by atoms with E-state index in [1.807, 2.05) is 35.2 Å². The van der Waals surface area contributed by atoms with E-state index in [2.05, 4.69) is 40.0 Å². The van der Waals surface area contributed by atoms with Gasteiger partial charge in [-0.3, -0.25) is 4.79 Å². The van der Waals surface area contributed by atoms with E-state index in [1.165, 1.54) is 5.69 Å². The fraction of sp³-hybridized carbons (Fsp3) is 0.381. The number of methoxy groups -OCH3 is 1. The van der Waals surface area contributed by atoms with E-state index in [-0.39, 0.29) is 18.0 Å². The number of ether oxygens (including phenoxy) is 1. The molecule has 2 heterocycles. The second kappa shape index (κ2) is 7.98. The number of carbonyl (C=O) groups excluding carboxylic acids is 1. The fourth-order valence-corrected chi connectivity index (χ4v) is 3.82. The van der Waals surface area contributed by atoms with Crippen LogP contribution in [0.5, 0.6) is 5.75 Å². The van der Waals surface area contributed by atoms with Gasteiger partial charge in [0.05, 0.1) is 7.11 Å². The summed E-state index contributed by atoms with van der Waals surface area (Å²) < 4.78 is 5.21. The lowest BCUT2D eigenvalue weighted by atomic mass is 10.0. The van der Waals surface area contributed by atoms with Gasteiger partial charge in [-0.2, -0.15) is 0 Å². The molecule has 6 nitrogen and oxygen atoms in total. The molecule has 27 heavy (non-hydrogen) atoms. The van der Waals surface area contributed by atoms with Crippen LogP contribution in [0.4, 0.5) is 5.69 Å². The molecule has 2 N–H and O–H groups in total. The van der Waals surface area contributed by atoms with Crippen LogP contribution >= 0.6 is 0 Å². The highest BCUT2D eigenvalue weighted by Crippen LogP contribution is 2.25. The maximum atomic E-state index is 12.9. The van der Waals surface area contributed by atoms with Gasteiger partial charge in [-0.15, -0.1) is 0 Å². The molecule has 2 saturated heterocycles. The van der Waals surface area contributed by atoms with E-state index in [9.17, 15) is 4.79 Å². The third-order valence-electron chi connectivity index (χ3n) is 5.43. The number of hydrogen-bond acceptors (Lipinski definition) is 5. The second-order valence-corrected chi connectivity index (χ2v) is 7.05. The summed E-state index contributed by atoms with van der Waals surface area (Å²) in [6.45, 7) is 3.27. The van der Waals surface area contributed by atoms with Gasteiger partial charge < -0.3 is 14.5 Å². The van der Waals surface area contributed by atoms with Gasteiger partial charge in [-0.1, -0.05) is 30.3 Å². The fourth-order valence-electron chi connectivity index (χ4n) is 3.82. The van der Waals surface area contributed by atoms with Crippen molar-refractivity contribution in [1.29, 1.82) is 0 Å². The number of anilines is 1. The van der Waals surface area contributed by atoms with Crippen LogP contribution in [-0.4, -0.2) is 50.1 Å². The number of rotatable bonds is 4. The van der Waals surface area contributed by atoms with Crippen LogP contribution < -0.4 is 20.5 Å². The highest BCUT2D eigenvalue weighted by molar-refractivity contribution is 5.82. The molecule has 0 bridgehead atoms. The van der Waals surface area contributed by atoms with E-state index in [0.29, 0.717) is 0 Å². The van der Waals surface area contributed by atoms with E-state index >= 15 is 0 Å². The van der Waals surface area contributed by atoms with Crippen molar-refractivity contribution in [3.05, 3.63) is 60.2 Å². The molecule has 2 fully saturated rings. The second-order valence-electron chi connectivity index (χ2n) is 7.05. The molecule has 142 valence electrons. The molecule has 4 rings (SSSR count). The molecule has 0 saturated carbocycles. The summed E-state index contributed by atoms with van der Waals surface area (Å²) in [5, 5.41) is 0. The van der Waals surface area contributed by atoms with Crippen molar-refractivity contribution in [2.75, 3.05) is 38.2 Å². The normalized spacial score (nSPS) is 22.7. The first-order valence-electron chi connectivity index (χ1n) is 9.48. The van der Waals surface area contributed by atoms with Crippen LogP contribution in [0.25, 0.3) is 0 Å². The topological polar surface area (TPSA) is 56.8 Å². The first-order chi connectivity index (χ1) is 13.2. The summed E-state index contributed by atoms with van der Waals surface area (Å²) in [6, 6.07) is 18.3. The third-order valence-corrected chi connectivity index (χ3v) is 5.43. The van der Waals surface area contributed by atoms with Gasteiger partial charge in [0.1, 0.15) is 11.8 Å². The summed E-state index contributed by atoms with van der Waals surface area (Å²) in [5.41, 5.74) is 8.84. The number of benzene rings is 2. The summed E-state index contributed by atoms with van der Waals surface area (Å²) in [4.78, 5) is 17.2. The van der Waals surface area contributed by atoms with E-state index in [4.69, 9.17) is 4.74 Å². The molecule has 2 aromatic rings. The molecule has 0 aliphatic carbocycles. The summed E-state index contributed by atoms with van der Waals surface area (Å²) in [6.07, 6.45) is 0.754. The van der Waals surface area contributed by atoms with Gasteiger partial charge in [0.2, 0.25) is 5.91 Å². The van der Waals surface area contributed by atoms with Gasteiger partial charge in [0, 0.05) is 37.9 Å². The molecule has 1 amide bonds. The smallest absolute Gasteiger partial charge is 0.241 e. The molecule has 0 spiro atoms. The third kappa shape index (κ3) is 3.91. The highest BCUT2D eigenvalue weighted by atomic mass is 16.5. The minimum Gasteiger partial charge on any atom is -0.497 e. The maximum Gasteiger partial charge on any atom is 0.241 e.